The first kappa shape index (κ1) is 14.3. The van der Waals surface area contributed by atoms with Gasteiger partial charge in [0, 0.05) is 38.6 Å². The minimum Gasteiger partial charge on any atom is -0.469 e. The molecule has 2 aliphatic heterocycles. The van der Waals surface area contributed by atoms with Crippen molar-refractivity contribution in [3.63, 3.8) is 0 Å². The summed E-state index contributed by atoms with van der Waals surface area (Å²) in [4.78, 5) is 16.9. The SMILES string of the molecule is O=C(Cc1ccco1)N1C[C@H]2CN(CC3CC3)CCO[C@H]2C1. The Balaban J connectivity index is 1.34. The van der Waals surface area contributed by atoms with E-state index < -0.39 is 0 Å². The molecule has 1 amide bonds. The van der Waals surface area contributed by atoms with E-state index in [1.807, 2.05) is 17.0 Å². The zero-order valence-corrected chi connectivity index (χ0v) is 12.9. The second-order valence-corrected chi connectivity index (χ2v) is 6.93. The number of rotatable bonds is 4. The predicted molar refractivity (Wildman–Crippen MR) is 81.4 cm³/mol. The highest BCUT2D eigenvalue weighted by atomic mass is 16.5. The van der Waals surface area contributed by atoms with E-state index in [9.17, 15) is 4.79 Å². The third-order valence-electron chi connectivity index (χ3n) is 5.08. The second kappa shape index (κ2) is 6.05. The highest BCUT2D eigenvalue weighted by Gasteiger charge is 2.39. The molecule has 1 aromatic heterocycles. The van der Waals surface area contributed by atoms with Gasteiger partial charge in [0.1, 0.15) is 5.76 Å². The normalized spacial score (nSPS) is 29.4. The summed E-state index contributed by atoms with van der Waals surface area (Å²) in [6, 6.07) is 3.69. The molecule has 0 N–H and O–H groups in total. The van der Waals surface area contributed by atoms with E-state index in [0.29, 0.717) is 12.3 Å². The van der Waals surface area contributed by atoms with Gasteiger partial charge in [-0.05, 0) is 30.9 Å². The monoisotopic (exact) mass is 304 g/mol. The molecule has 0 radical (unpaired) electrons. The van der Waals surface area contributed by atoms with Gasteiger partial charge >= 0.3 is 0 Å². The third-order valence-corrected chi connectivity index (χ3v) is 5.08. The van der Waals surface area contributed by atoms with Crippen LogP contribution < -0.4 is 0 Å². The van der Waals surface area contributed by atoms with Crippen LogP contribution in [-0.4, -0.2) is 61.1 Å². The maximum Gasteiger partial charge on any atom is 0.230 e. The number of furan rings is 1. The molecule has 1 aromatic rings. The Morgan fingerprint density at radius 2 is 2.18 bits per heavy atom. The smallest absolute Gasteiger partial charge is 0.230 e. The molecular formula is C17H24N2O3. The number of ether oxygens (including phenoxy) is 1. The van der Waals surface area contributed by atoms with Crippen molar-refractivity contribution < 1.29 is 13.9 Å². The Hall–Kier alpha value is -1.33. The molecule has 5 nitrogen and oxygen atoms in total. The van der Waals surface area contributed by atoms with Crippen LogP contribution in [-0.2, 0) is 16.0 Å². The molecular weight excluding hydrogens is 280 g/mol. The summed E-state index contributed by atoms with van der Waals surface area (Å²) in [7, 11) is 0. The minimum absolute atomic E-state index is 0.153. The molecule has 3 fully saturated rings. The summed E-state index contributed by atoms with van der Waals surface area (Å²) in [6.45, 7) is 5.70. The molecule has 2 saturated heterocycles. The average molecular weight is 304 g/mol. The number of hydrogen-bond acceptors (Lipinski definition) is 4. The lowest BCUT2D eigenvalue weighted by molar-refractivity contribution is -0.130. The highest BCUT2D eigenvalue weighted by molar-refractivity contribution is 5.78. The van der Waals surface area contributed by atoms with Gasteiger partial charge in [0.25, 0.3) is 0 Å². The summed E-state index contributed by atoms with van der Waals surface area (Å²) >= 11 is 0. The molecule has 120 valence electrons. The molecule has 0 aromatic carbocycles. The lowest BCUT2D eigenvalue weighted by Gasteiger charge is -2.23. The van der Waals surface area contributed by atoms with E-state index in [4.69, 9.17) is 9.15 Å². The van der Waals surface area contributed by atoms with E-state index in [0.717, 1.165) is 44.5 Å². The molecule has 1 aliphatic carbocycles. The summed E-state index contributed by atoms with van der Waals surface area (Å²) in [5.74, 6) is 2.27. The zero-order chi connectivity index (χ0) is 14.9. The van der Waals surface area contributed by atoms with Crippen molar-refractivity contribution >= 4 is 5.91 Å². The van der Waals surface area contributed by atoms with Crippen molar-refractivity contribution in [2.45, 2.75) is 25.4 Å². The first-order valence-corrected chi connectivity index (χ1v) is 8.42. The van der Waals surface area contributed by atoms with Gasteiger partial charge < -0.3 is 19.0 Å². The van der Waals surface area contributed by atoms with Crippen molar-refractivity contribution in [1.82, 2.24) is 9.80 Å². The van der Waals surface area contributed by atoms with Crippen LogP contribution in [0.25, 0.3) is 0 Å². The summed E-state index contributed by atoms with van der Waals surface area (Å²) in [6.07, 6.45) is 4.97. The van der Waals surface area contributed by atoms with E-state index in [1.165, 1.54) is 19.4 Å². The van der Waals surface area contributed by atoms with Gasteiger partial charge in [-0.25, -0.2) is 0 Å². The van der Waals surface area contributed by atoms with Crippen LogP contribution in [0.1, 0.15) is 18.6 Å². The lowest BCUT2D eigenvalue weighted by atomic mass is 10.1. The van der Waals surface area contributed by atoms with Gasteiger partial charge in [-0.3, -0.25) is 4.79 Å². The third kappa shape index (κ3) is 3.20. The van der Waals surface area contributed by atoms with Gasteiger partial charge in [-0.15, -0.1) is 0 Å². The van der Waals surface area contributed by atoms with Crippen LogP contribution >= 0.6 is 0 Å². The van der Waals surface area contributed by atoms with Gasteiger partial charge in [0.05, 0.1) is 25.4 Å². The Kier molecular flexibility index (Phi) is 3.92. The topological polar surface area (TPSA) is 45.9 Å². The molecule has 1 saturated carbocycles. The van der Waals surface area contributed by atoms with Crippen LogP contribution in [0.3, 0.4) is 0 Å². The Morgan fingerprint density at radius 3 is 2.95 bits per heavy atom. The van der Waals surface area contributed by atoms with Crippen molar-refractivity contribution in [3.05, 3.63) is 24.2 Å². The van der Waals surface area contributed by atoms with Gasteiger partial charge in [-0.2, -0.15) is 0 Å². The van der Waals surface area contributed by atoms with Crippen molar-refractivity contribution in [1.29, 1.82) is 0 Å². The number of carbonyl (C=O) groups excluding carboxylic acids is 1. The minimum atomic E-state index is 0.153. The average Bonchev–Trinajstić information content (AvgIpc) is 3.06. The standard InChI is InChI=1S/C17H24N2O3/c20-17(8-15-2-1-6-21-15)19-11-14-10-18(9-13-3-4-13)5-7-22-16(14)12-19/h1-2,6,13-14,16H,3-5,7-12H2/t14-,16+/m1/s1. The highest BCUT2D eigenvalue weighted by Crippen LogP contribution is 2.31. The first-order chi connectivity index (χ1) is 10.8. The van der Waals surface area contributed by atoms with Crippen LogP contribution in [0.5, 0.6) is 0 Å². The van der Waals surface area contributed by atoms with Crippen molar-refractivity contribution in [2.75, 3.05) is 39.3 Å². The van der Waals surface area contributed by atoms with E-state index >= 15 is 0 Å². The fourth-order valence-electron chi connectivity index (χ4n) is 3.67. The maximum absolute atomic E-state index is 12.4. The van der Waals surface area contributed by atoms with Gasteiger partial charge in [0.2, 0.25) is 5.91 Å². The number of hydrogen-bond donors (Lipinski definition) is 0. The Morgan fingerprint density at radius 1 is 1.27 bits per heavy atom. The second-order valence-electron chi connectivity index (χ2n) is 6.93. The van der Waals surface area contributed by atoms with Crippen molar-refractivity contribution in [3.8, 4) is 0 Å². The first-order valence-electron chi connectivity index (χ1n) is 8.42. The van der Waals surface area contributed by atoms with Crippen LogP contribution in [0, 0.1) is 11.8 Å². The molecule has 4 rings (SSSR count). The summed E-state index contributed by atoms with van der Waals surface area (Å²) in [5, 5.41) is 0. The largest absolute Gasteiger partial charge is 0.469 e. The van der Waals surface area contributed by atoms with E-state index in [1.54, 1.807) is 6.26 Å². The zero-order valence-electron chi connectivity index (χ0n) is 12.9. The van der Waals surface area contributed by atoms with Gasteiger partial charge in [0.15, 0.2) is 0 Å². The molecule has 0 bridgehead atoms. The van der Waals surface area contributed by atoms with Gasteiger partial charge in [-0.1, -0.05) is 0 Å². The molecule has 22 heavy (non-hydrogen) atoms. The van der Waals surface area contributed by atoms with Crippen LogP contribution in [0.15, 0.2) is 22.8 Å². The number of fused-ring (bicyclic) bond motifs is 1. The quantitative estimate of drug-likeness (QED) is 0.843. The fourth-order valence-corrected chi connectivity index (χ4v) is 3.67. The predicted octanol–water partition coefficient (Wildman–Crippen LogP) is 1.39. The van der Waals surface area contributed by atoms with Crippen molar-refractivity contribution in [2.24, 2.45) is 11.8 Å². The lowest BCUT2D eigenvalue weighted by Crippen LogP contribution is -2.35. The summed E-state index contributed by atoms with van der Waals surface area (Å²) < 4.78 is 11.3. The maximum atomic E-state index is 12.4. The molecule has 0 spiro atoms. The molecule has 0 unspecified atom stereocenters. The molecule has 2 atom stereocenters. The fraction of sp³-hybridized carbons (Fsp3) is 0.706. The number of nitrogens with zero attached hydrogens (tertiary/aromatic N) is 2. The molecule has 3 aliphatic rings. The Bertz CT molecular complexity index is 512. The number of likely N-dealkylation sites (tertiary alicyclic amines) is 1. The Labute approximate surface area is 131 Å². The van der Waals surface area contributed by atoms with E-state index in [-0.39, 0.29) is 12.0 Å². The molecule has 3 heterocycles. The number of carbonyl (C=O) groups is 1. The van der Waals surface area contributed by atoms with E-state index in [2.05, 4.69) is 4.90 Å². The number of amides is 1. The van der Waals surface area contributed by atoms with Crippen LogP contribution in [0.4, 0.5) is 0 Å². The summed E-state index contributed by atoms with van der Waals surface area (Å²) in [5.41, 5.74) is 0. The van der Waals surface area contributed by atoms with Crippen LogP contribution in [0.2, 0.25) is 0 Å². The molecule has 5 heteroatoms.